The summed E-state index contributed by atoms with van der Waals surface area (Å²) in [6.45, 7) is 3.96. The van der Waals surface area contributed by atoms with Gasteiger partial charge in [-0.1, -0.05) is 11.8 Å². The molecule has 0 unspecified atom stereocenters. The predicted molar refractivity (Wildman–Crippen MR) is 62.4 cm³/mol. The van der Waals surface area contributed by atoms with Crippen LogP contribution in [0.25, 0.3) is 0 Å². The quantitative estimate of drug-likeness (QED) is 0.320. The van der Waals surface area contributed by atoms with Crippen LogP contribution in [0.2, 0.25) is 0 Å². The highest BCUT2D eigenvalue weighted by molar-refractivity contribution is 8.13. The average Bonchev–Trinajstić information content (AvgIpc) is 2.22. The van der Waals surface area contributed by atoms with E-state index in [0.29, 0.717) is 11.7 Å². The van der Waals surface area contributed by atoms with Crippen LogP contribution in [-0.2, 0) is 4.79 Å². The van der Waals surface area contributed by atoms with Gasteiger partial charge >= 0.3 is 0 Å². The Balaban J connectivity index is 4.46. The Bertz CT molecular complexity index is 293. The highest BCUT2D eigenvalue weighted by atomic mass is 32.2. The van der Waals surface area contributed by atoms with Crippen molar-refractivity contribution in [2.75, 3.05) is 19.8 Å². The Morgan fingerprint density at radius 2 is 2.20 bits per heavy atom. The van der Waals surface area contributed by atoms with Gasteiger partial charge in [-0.05, 0) is 20.1 Å². The Kier molecular flexibility index (Phi) is 5.79. The van der Waals surface area contributed by atoms with Gasteiger partial charge in [0.15, 0.2) is 11.4 Å². The van der Waals surface area contributed by atoms with Gasteiger partial charge in [0.05, 0.1) is 12.0 Å². The number of hydrogen-bond acceptors (Lipinski definition) is 4. The summed E-state index contributed by atoms with van der Waals surface area (Å²) < 4.78 is 0. The third-order valence-electron chi connectivity index (χ3n) is 1.82. The molecule has 0 heterocycles. The number of aliphatic imine (C=N–C) groups is 1. The molecule has 0 radical (unpaired) electrons. The number of amidine groups is 1. The molecule has 0 aromatic rings. The molecule has 0 aliphatic carbocycles. The SMILES string of the molecule is CNC(=O)C(C)(C)CN=C(NC#N)SC. The van der Waals surface area contributed by atoms with Gasteiger partial charge in [0.2, 0.25) is 5.91 Å². The molecule has 0 aromatic heterocycles. The Morgan fingerprint density at radius 3 is 2.60 bits per heavy atom. The highest BCUT2D eigenvalue weighted by Crippen LogP contribution is 2.15. The van der Waals surface area contributed by atoms with Crippen LogP contribution in [0, 0.1) is 16.9 Å². The number of carbonyl (C=O) groups is 1. The Morgan fingerprint density at radius 1 is 1.60 bits per heavy atom. The van der Waals surface area contributed by atoms with E-state index in [9.17, 15) is 4.79 Å². The van der Waals surface area contributed by atoms with Crippen molar-refractivity contribution < 1.29 is 4.79 Å². The van der Waals surface area contributed by atoms with E-state index >= 15 is 0 Å². The number of rotatable bonds is 3. The van der Waals surface area contributed by atoms with Gasteiger partial charge < -0.3 is 5.32 Å². The molecule has 0 atom stereocenters. The number of nitriles is 1. The summed E-state index contributed by atoms with van der Waals surface area (Å²) in [4.78, 5) is 15.6. The fraction of sp³-hybridized carbons (Fsp3) is 0.667. The fourth-order valence-electron chi connectivity index (χ4n) is 0.883. The summed E-state index contributed by atoms with van der Waals surface area (Å²) >= 11 is 1.34. The Hall–Kier alpha value is -1.22. The normalized spacial score (nSPS) is 11.8. The van der Waals surface area contributed by atoms with E-state index < -0.39 is 5.41 Å². The molecule has 5 nitrogen and oxygen atoms in total. The lowest BCUT2D eigenvalue weighted by Gasteiger charge is -2.20. The Labute approximate surface area is 94.3 Å². The van der Waals surface area contributed by atoms with Crippen LogP contribution < -0.4 is 10.6 Å². The molecular weight excluding hydrogens is 212 g/mol. The molecule has 0 rings (SSSR count). The van der Waals surface area contributed by atoms with E-state index in [2.05, 4.69) is 15.6 Å². The fourth-order valence-corrected chi connectivity index (χ4v) is 1.22. The summed E-state index contributed by atoms with van der Waals surface area (Å²) in [6, 6.07) is 0. The second-order valence-electron chi connectivity index (χ2n) is 3.53. The smallest absolute Gasteiger partial charge is 0.227 e. The monoisotopic (exact) mass is 228 g/mol. The maximum Gasteiger partial charge on any atom is 0.227 e. The van der Waals surface area contributed by atoms with Crippen molar-refractivity contribution in [3.05, 3.63) is 0 Å². The van der Waals surface area contributed by atoms with Gasteiger partial charge in [-0.15, -0.1) is 0 Å². The van der Waals surface area contributed by atoms with Crippen LogP contribution in [0.5, 0.6) is 0 Å². The number of carbonyl (C=O) groups excluding carboxylic acids is 1. The maximum atomic E-state index is 11.4. The van der Waals surface area contributed by atoms with Crippen LogP contribution in [0.15, 0.2) is 4.99 Å². The molecule has 6 heteroatoms. The zero-order valence-electron chi connectivity index (χ0n) is 9.42. The number of nitrogens with one attached hydrogen (secondary N) is 2. The molecule has 0 aromatic carbocycles. The van der Waals surface area contributed by atoms with Crippen molar-refractivity contribution in [3.8, 4) is 6.19 Å². The second-order valence-corrected chi connectivity index (χ2v) is 4.32. The summed E-state index contributed by atoms with van der Waals surface area (Å²) in [5.41, 5.74) is -0.563. The number of hydrogen-bond donors (Lipinski definition) is 2. The van der Waals surface area contributed by atoms with Gasteiger partial charge in [0.1, 0.15) is 0 Å². The third-order valence-corrected chi connectivity index (χ3v) is 2.43. The first kappa shape index (κ1) is 13.8. The van der Waals surface area contributed by atoms with E-state index in [4.69, 9.17) is 5.26 Å². The molecule has 84 valence electrons. The topological polar surface area (TPSA) is 77.3 Å². The summed E-state index contributed by atoms with van der Waals surface area (Å²) in [7, 11) is 1.59. The van der Waals surface area contributed by atoms with E-state index in [1.165, 1.54) is 11.8 Å². The van der Waals surface area contributed by atoms with E-state index in [1.807, 2.05) is 6.26 Å². The predicted octanol–water partition coefficient (Wildman–Crippen LogP) is 0.548. The van der Waals surface area contributed by atoms with Crippen LogP contribution in [0.4, 0.5) is 0 Å². The zero-order chi connectivity index (χ0) is 11.9. The molecule has 0 saturated carbocycles. The molecule has 0 bridgehead atoms. The molecule has 0 spiro atoms. The number of nitrogens with zero attached hydrogens (tertiary/aromatic N) is 2. The minimum atomic E-state index is -0.563. The minimum absolute atomic E-state index is 0.0661. The van der Waals surface area contributed by atoms with Crippen molar-refractivity contribution in [3.63, 3.8) is 0 Å². The average molecular weight is 228 g/mol. The van der Waals surface area contributed by atoms with Gasteiger partial charge in [-0.3, -0.25) is 15.1 Å². The van der Waals surface area contributed by atoms with Crippen LogP contribution in [0.3, 0.4) is 0 Å². The van der Waals surface area contributed by atoms with E-state index in [-0.39, 0.29) is 5.91 Å². The molecular formula is C9H16N4OS. The van der Waals surface area contributed by atoms with Crippen molar-refractivity contribution >= 4 is 22.8 Å². The molecule has 0 aliphatic rings. The lowest BCUT2D eigenvalue weighted by atomic mass is 9.93. The first-order chi connectivity index (χ1) is 6.97. The lowest BCUT2D eigenvalue weighted by molar-refractivity contribution is -0.128. The summed E-state index contributed by atoms with van der Waals surface area (Å²) in [6.07, 6.45) is 3.61. The number of thioether (sulfide) groups is 1. The molecule has 15 heavy (non-hydrogen) atoms. The number of amides is 1. The summed E-state index contributed by atoms with van der Waals surface area (Å²) in [5.74, 6) is -0.0661. The zero-order valence-corrected chi connectivity index (χ0v) is 10.2. The third kappa shape index (κ3) is 4.70. The molecule has 0 aliphatic heterocycles. The second kappa shape index (κ2) is 6.30. The molecule has 1 amide bonds. The highest BCUT2D eigenvalue weighted by Gasteiger charge is 2.26. The van der Waals surface area contributed by atoms with Crippen molar-refractivity contribution in [1.29, 1.82) is 5.26 Å². The maximum absolute atomic E-state index is 11.4. The van der Waals surface area contributed by atoms with E-state index in [0.717, 1.165) is 0 Å². The van der Waals surface area contributed by atoms with Gasteiger partial charge in [-0.2, -0.15) is 5.26 Å². The largest absolute Gasteiger partial charge is 0.359 e. The minimum Gasteiger partial charge on any atom is -0.359 e. The van der Waals surface area contributed by atoms with Crippen molar-refractivity contribution in [1.82, 2.24) is 10.6 Å². The van der Waals surface area contributed by atoms with Crippen LogP contribution in [-0.4, -0.2) is 30.9 Å². The van der Waals surface area contributed by atoms with Crippen molar-refractivity contribution in [2.24, 2.45) is 10.4 Å². The summed E-state index contributed by atoms with van der Waals surface area (Å²) in [5, 5.41) is 14.0. The molecule has 0 fully saturated rings. The first-order valence-electron chi connectivity index (χ1n) is 4.43. The van der Waals surface area contributed by atoms with Gasteiger partial charge in [0, 0.05) is 7.05 Å². The first-order valence-corrected chi connectivity index (χ1v) is 5.66. The molecule has 2 N–H and O–H groups in total. The molecule has 0 saturated heterocycles. The standard InChI is InChI=1S/C9H16N4OS/c1-9(2,7(14)11-3)5-12-8(15-4)13-6-10/h5H2,1-4H3,(H,11,14)(H,12,13). The lowest BCUT2D eigenvalue weighted by Crippen LogP contribution is -2.37. The van der Waals surface area contributed by atoms with E-state index in [1.54, 1.807) is 27.1 Å². The van der Waals surface area contributed by atoms with Gasteiger partial charge in [-0.25, -0.2) is 0 Å². The van der Waals surface area contributed by atoms with Gasteiger partial charge in [0.25, 0.3) is 0 Å². The van der Waals surface area contributed by atoms with Crippen LogP contribution in [0.1, 0.15) is 13.8 Å². The van der Waals surface area contributed by atoms with Crippen LogP contribution >= 0.6 is 11.8 Å². The van der Waals surface area contributed by atoms with Crippen molar-refractivity contribution in [2.45, 2.75) is 13.8 Å².